The molecule has 23 heavy (non-hydrogen) atoms. The van der Waals surface area contributed by atoms with Crippen LogP contribution in [0.1, 0.15) is 32.1 Å². The molecule has 0 aromatic carbocycles. The van der Waals surface area contributed by atoms with E-state index in [-0.39, 0.29) is 0 Å². The van der Waals surface area contributed by atoms with Gasteiger partial charge >= 0.3 is 0 Å². The summed E-state index contributed by atoms with van der Waals surface area (Å²) in [7, 11) is 0. The Labute approximate surface area is 135 Å². The molecule has 1 aliphatic carbocycles. The monoisotopic (exact) mass is 305 g/mol. The molecule has 5 nitrogen and oxygen atoms in total. The lowest BCUT2D eigenvalue weighted by molar-refractivity contribution is 0.462. The van der Waals surface area contributed by atoms with E-state index in [1.54, 1.807) is 18.6 Å². The Morgan fingerprint density at radius 3 is 2.57 bits per heavy atom. The van der Waals surface area contributed by atoms with Crippen LogP contribution in [0.15, 0.2) is 42.9 Å². The average Bonchev–Trinajstić information content (AvgIpc) is 2.63. The van der Waals surface area contributed by atoms with Crippen LogP contribution in [0.4, 0.5) is 5.82 Å². The molecule has 0 amide bonds. The number of anilines is 1. The third kappa shape index (κ3) is 2.99. The minimum Gasteiger partial charge on any atom is -0.365 e. The van der Waals surface area contributed by atoms with Gasteiger partial charge in [0.2, 0.25) is 0 Å². The van der Waals surface area contributed by atoms with Crippen LogP contribution in [0.5, 0.6) is 0 Å². The topological polar surface area (TPSA) is 63.6 Å². The minimum absolute atomic E-state index is 0.481. The smallest absolute Gasteiger partial charge is 0.162 e. The molecule has 1 saturated carbocycles. The number of nitrogens with zero attached hydrogens (tertiary/aromatic N) is 4. The molecule has 0 spiro atoms. The summed E-state index contributed by atoms with van der Waals surface area (Å²) in [4.78, 5) is 18.0. The van der Waals surface area contributed by atoms with Gasteiger partial charge < -0.3 is 5.32 Å². The van der Waals surface area contributed by atoms with Gasteiger partial charge in [0.15, 0.2) is 11.6 Å². The zero-order valence-electron chi connectivity index (χ0n) is 12.9. The molecule has 0 radical (unpaired) electrons. The summed E-state index contributed by atoms with van der Waals surface area (Å²) >= 11 is 0. The van der Waals surface area contributed by atoms with Gasteiger partial charge in [-0.2, -0.15) is 0 Å². The maximum Gasteiger partial charge on any atom is 0.162 e. The second-order valence-corrected chi connectivity index (χ2v) is 5.98. The fraction of sp³-hybridized carbons (Fsp3) is 0.333. The van der Waals surface area contributed by atoms with Gasteiger partial charge in [0.25, 0.3) is 0 Å². The predicted octanol–water partition coefficient (Wildman–Crippen LogP) is 3.83. The van der Waals surface area contributed by atoms with Gasteiger partial charge in [-0.1, -0.05) is 19.3 Å². The normalized spacial score (nSPS) is 15.7. The number of nitrogens with one attached hydrogen (secondary N) is 1. The van der Waals surface area contributed by atoms with Crippen molar-refractivity contribution in [3.05, 3.63) is 42.9 Å². The Bertz CT molecular complexity index is 797. The summed E-state index contributed by atoms with van der Waals surface area (Å²) in [5.74, 6) is 1.56. The maximum absolute atomic E-state index is 4.75. The molecule has 0 aliphatic heterocycles. The molecule has 1 N–H and O–H groups in total. The quantitative estimate of drug-likeness (QED) is 0.796. The van der Waals surface area contributed by atoms with Crippen molar-refractivity contribution < 1.29 is 0 Å². The van der Waals surface area contributed by atoms with Gasteiger partial charge in [-0.3, -0.25) is 9.97 Å². The zero-order valence-corrected chi connectivity index (χ0v) is 12.9. The van der Waals surface area contributed by atoms with E-state index in [0.29, 0.717) is 11.9 Å². The van der Waals surface area contributed by atoms with Crippen molar-refractivity contribution in [2.24, 2.45) is 0 Å². The molecule has 116 valence electrons. The van der Waals surface area contributed by atoms with Gasteiger partial charge in [-0.25, -0.2) is 9.97 Å². The second kappa shape index (κ2) is 6.28. The number of pyridine rings is 2. The molecule has 1 fully saturated rings. The summed E-state index contributed by atoms with van der Waals surface area (Å²) in [5, 5.41) is 3.60. The minimum atomic E-state index is 0.481. The predicted molar refractivity (Wildman–Crippen MR) is 91.1 cm³/mol. The molecule has 0 atom stereocenters. The van der Waals surface area contributed by atoms with Crippen LogP contribution in [0.3, 0.4) is 0 Å². The van der Waals surface area contributed by atoms with Gasteiger partial charge in [0, 0.05) is 30.2 Å². The van der Waals surface area contributed by atoms with Gasteiger partial charge in [-0.05, 0) is 37.1 Å². The van der Waals surface area contributed by atoms with Crippen molar-refractivity contribution in [2.75, 3.05) is 5.32 Å². The highest BCUT2D eigenvalue weighted by molar-refractivity contribution is 5.86. The Hall–Kier alpha value is -2.56. The SMILES string of the molecule is c1cnc2c(NC3CCCCC3)nc(-c3ccncc3)nc2c1. The lowest BCUT2D eigenvalue weighted by Crippen LogP contribution is -2.23. The molecular formula is C18H19N5. The molecule has 0 saturated heterocycles. The van der Waals surface area contributed by atoms with Crippen LogP contribution in [0.25, 0.3) is 22.4 Å². The third-order valence-electron chi connectivity index (χ3n) is 4.34. The molecule has 1 aliphatic rings. The molecular weight excluding hydrogens is 286 g/mol. The van der Waals surface area contributed by atoms with Crippen LogP contribution in [0, 0.1) is 0 Å². The van der Waals surface area contributed by atoms with E-state index in [0.717, 1.165) is 22.4 Å². The highest BCUT2D eigenvalue weighted by Gasteiger charge is 2.17. The lowest BCUT2D eigenvalue weighted by atomic mass is 9.95. The fourth-order valence-corrected chi connectivity index (χ4v) is 3.14. The molecule has 3 aromatic rings. The standard InChI is InChI=1S/C18H19N5/c1-2-5-14(6-3-1)21-18-16-15(7-4-10-20-16)22-17(23-18)13-8-11-19-12-9-13/h4,7-12,14H,1-3,5-6H2,(H,21,22,23). The molecule has 3 aromatic heterocycles. The summed E-state index contributed by atoms with van der Waals surface area (Å²) in [6, 6.07) is 8.25. The van der Waals surface area contributed by atoms with Crippen LogP contribution in [-0.2, 0) is 0 Å². The largest absolute Gasteiger partial charge is 0.365 e. The van der Waals surface area contributed by atoms with Crippen LogP contribution < -0.4 is 5.32 Å². The molecule has 5 heteroatoms. The van der Waals surface area contributed by atoms with E-state index in [1.165, 1.54) is 32.1 Å². The number of hydrogen-bond acceptors (Lipinski definition) is 5. The number of aromatic nitrogens is 4. The lowest BCUT2D eigenvalue weighted by Gasteiger charge is -2.23. The summed E-state index contributed by atoms with van der Waals surface area (Å²) in [6.45, 7) is 0. The van der Waals surface area contributed by atoms with Crippen molar-refractivity contribution in [2.45, 2.75) is 38.1 Å². The zero-order chi connectivity index (χ0) is 15.5. The van der Waals surface area contributed by atoms with Gasteiger partial charge in [0.1, 0.15) is 5.52 Å². The van der Waals surface area contributed by atoms with Crippen LogP contribution in [0.2, 0.25) is 0 Å². The van der Waals surface area contributed by atoms with E-state index in [1.807, 2.05) is 24.3 Å². The molecule has 0 bridgehead atoms. The molecule has 0 unspecified atom stereocenters. The van der Waals surface area contributed by atoms with E-state index in [2.05, 4.69) is 20.3 Å². The first-order valence-electron chi connectivity index (χ1n) is 8.20. The third-order valence-corrected chi connectivity index (χ3v) is 4.34. The Kier molecular flexibility index (Phi) is 3.84. The van der Waals surface area contributed by atoms with Crippen molar-refractivity contribution in [3.8, 4) is 11.4 Å². The molecule has 3 heterocycles. The summed E-state index contributed by atoms with van der Waals surface area (Å²) in [6.07, 6.45) is 11.6. The first-order valence-corrected chi connectivity index (χ1v) is 8.20. The first kappa shape index (κ1) is 14.1. The Morgan fingerprint density at radius 2 is 1.74 bits per heavy atom. The Morgan fingerprint density at radius 1 is 0.913 bits per heavy atom. The first-order chi connectivity index (χ1) is 11.4. The van der Waals surface area contributed by atoms with Crippen LogP contribution in [-0.4, -0.2) is 26.0 Å². The Balaban J connectivity index is 1.77. The second-order valence-electron chi connectivity index (χ2n) is 5.98. The van der Waals surface area contributed by atoms with Gasteiger partial charge in [-0.15, -0.1) is 0 Å². The fourth-order valence-electron chi connectivity index (χ4n) is 3.14. The van der Waals surface area contributed by atoms with Crippen molar-refractivity contribution >= 4 is 16.9 Å². The van der Waals surface area contributed by atoms with E-state index in [9.17, 15) is 0 Å². The maximum atomic E-state index is 4.75. The number of fused-ring (bicyclic) bond motifs is 1. The van der Waals surface area contributed by atoms with Crippen molar-refractivity contribution in [1.82, 2.24) is 19.9 Å². The summed E-state index contributed by atoms with van der Waals surface area (Å²) in [5.41, 5.74) is 2.68. The van der Waals surface area contributed by atoms with Crippen molar-refractivity contribution in [1.29, 1.82) is 0 Å². The number of hydrogen-bond donors (Lipinski definition) is 1. The average molecular weight is 305 g/mol. The van der Waals surface area contributed by atoms with Gasteiger partial charge in [0.05, 0.1) is 5.52 Å². The van der Waals surface area contributed by atoms with Crippen molar-refractivity contribution in [3.63, 3.8) is 0 Å². The molecule has 4 rings (SSSR count). The van der Waals surface area contributed by atoms with E-state index < -0.39 is 0 Å². The van der Waals surface area contributed by atoms with Crippen LogP contribution >= 0.6 is 0 Å². The van der Waals surface area contributed by atoms with E-state index in [4.69, 9.17) is 4.98 Å². The number of rotatable bonds is 3. The highest BCUT2D eigenvalue weighted by Crippen LogP contribution is 2.26. The van der Waals surface area contributed by atoms with E-state index >= 15 is 0 Å². The summed E-state index contributed by atoms with van der Waals surface area (Å²) < 4.78 is 0. The highest BCUT2D eigenvalue weighted by atomic mass is 15.1.